The van der Waals surface area contributed by atoms with Crippen LogP contribution in [0, 0.1) is 0 Å². The molecule has 1 aliphatic heterocycles. The first kappa shape index (κ1) is 17.8. The Balaban J connectivity index is 2.00. The van der Waals surface area contributed by atoms with Gasteiger partial charge >= 0.3 is 0 Å². The average molecular weight is 339 g/mol. The molecule has 2 rings (SSSR count). The number of thioether (sulfide) groups is 1. The van der Waals surface area contributed by atoms with Crippen molar-refractivity contribution in [3.05, 3.63) is 15.9 Å². The summed E-state index contributed by atoms with van der Waals surface area (Å²) in [5.74, 6) is 0.00677. The molecule has 1 fully saturated rings. The van der Waals surface area contributed by atoms with Gasteiger partial charge in [-0.15, -0.1) is 0 Å². The van der Waals surface area contributed by atoms with Gasteiger partial charge in [-0.25, -0.2) is 0 Å². The van der Waals surface area contributed by atoms with Crippen molar-refractivity contribution in [2.45, 2.75) is 57.0 Å². The minimum absolute atomic E-state index is 0.0518. The number of rotatable bonds is 5. The van der Waals surface area contributed by atoms with E-state index in [0.29, 0.717) is 10.7 Å². The standard InChI is InChI=1S/C16H25N3O3S/c1-3-11(2)13-14(21)17-16(18-15(13)22)23-10-12(20)19-8-6-4-5-7-9-19/h11H,3-10H2,1-2H3,(H2,17,18,21,22)/t11-/m0/s1. The van der Waals surface area contributed by atoms with Crippen LogP contribution < -0.4 is 5.56 Å². The van der Waals surface area contributed by atoms with Crippen LogP contribution in [0.4, 0.5) is 0 Å². The highest BCUT2D eigenvalue weighted by Gasteiger charge is 2.19. The average Bonchev–Trinajstić information content (AvgIpc) is 2.81. The fraction of sp³-hybridized carbons (Fsp3) is 0.688. The molecule has 0 spiro atoms. The van der Waals surface area contributed by atoms with Gasteiger partial charge in [-0.3, -0.25) is 9.59 Å². The molecule has 0 aromatic carbocycles. The predicted molar refractivity (Wildman–Crippen MR) is 91.0 cm³/mol. The lowest BCUT2D eigenvalue weighted by Crippen LogP contribution is -2.33. The monoisotopic (exact) mass is 339 g/mol. The van der Waals surface area contributed by atoms with Crippen LogP contribution in [0.5, 0.6) is 5.88 Å². The highest BCUT2D eigenvalue weighted by molar-refractivity contribution is 7.99. The third kappa shape index (κ3) is 4.73. The molecule has 2 N–H and O–H groups in total. The van der Waals surface area contributed by atoms with Crippen LogP contribution in [0.3, 0.4) is 0 Å². The van der Waals surface area contributed by atoms with Crippen LogP contribution in [0.2, 0.25) is 0 Å². The van der Waals surface area contributed by atoms with Gasteiger partial charge in [0.1, 0.15) is 0 Å². The maximum Gasteiger partial charge on any atom is 0.258 e. The molecule has 0 saturated carbocycles. The summed E-state index contributed by atoms with van der Waals surface area (Å²) in [6, 6.07) is 0. The molecule has 6 nitrogen and oxygen atoms in total. The molecule has 2 heterocycles. The van der Waals surface area contributed by atoms with E-state index in [-0.39, 0.29) is 29.0 Å². The third-order valence-electron chi connectivity index (χ3n) is 4.31. The van der Waals surface area contributed by atoms with E-state index in [1.807, 2.05) is 18.7 Å². The topological polar surface area (TPSA) is 86.3 Å². The van der Waals surface area contributed by atoms with Gasteiger partial charge in [-0.05, 0) is 25.2 Å². The summed E-state index contributed by atoms with van der Waals surface area (Å²) < 4.78 is 0. The smallest absolute Gasteiger partial charge is 0.258 e. The molecule has 1 aromatic heterocycles. The summed E-state index contributed by atoms with van der Waals surface area (Å²) in [7, 11) is 0. The highest BCUT2D eigenvalue weighted by atomic mass is 32.2. The Labute approximate surface area is 140 Å². The number of aromatic amines is 1. The van der Waals surface area contributed by atoms with Crippen molar-refractivity contribution in [1.29, 1.82) is 0 Å². The first-order valence-corrected chi connectivity index (χ1v) is 9.25. The SMILES string of the molecule is CC[C@H](C)c1c(O)nc(SCC(=O)N2CCCCCC2)[nH]c1=O. The minimum Gasteiger partial charge on any atom is -0.493 e. The number of H-pyrrole nitrogens is 1. The van der Waals surface area contributed by atoms with Gasteiger partial charge in [0.15, 0.2) is 5.16 Å². The molecule has 0 bridgehead atoms. The van der Waals surface area contributed by atoms with Crippen molar-refractivity contribution in [2.24, 2.45) is 0 Å². The Morgan fingerprint density at radius 1 is 1.35 bits per heavy atom. The maximum atomic E-state index is 12.2. The minimum atomic E-state index is -0.323. The first-order chi connectivity index (χ1) is 11.0. The fourth-order valence-corrected chi connectivity index (χ4v) is 3.47. The van der Waals surface area contributed by atoms with Crippen molar-refractivity contribution in [3.8, 4) is 5.88 Å². The molecule has 1 atom stereocenters. The summed E-state index contributed by atoms with van der Waals surface area (Å²) >= 11 is 1.17. The fourth-order valence-electron chi connectivity index (χ4n) is 2.71. The zero-order chi connectivity index (χ0) is 16.8. The quantitative estimate of drug-likeness (QED) is 0.636. The maximum absolute atomic E-state index is 12.2. The van der Waals surface area contributed by atoms with Gasteiger partial charge in [0, 0.05) is 13.1 Å². The van der Waals surface area contributed by atoms with Gasteiger partial charge < -0.3 is 15.0 Å². The van der Waals surface area contributed by atoms with Crippen molar-refractivity contribution in [3.63, 3.8) is 0 Å². The van der Waals surface area contributed by atoms with Gasteiger partial charge in [-0.1, -0.05) is 38.5 Å². The molecule has 0 aliphatic carbocycles. The van der Waals surface area contributed by atoms with E-state index in [1.165, 1.54) is 24.6 Å². The number of carbonyl (C=O) groups excluding carboxylic acids is 1. The Morgan fingerprint density at radius 3 is 2.57 bits per heavy atom. The Kier molecular flexibility index (Phi) is 6.50. The number of amides is 1. The van der Waals surface area contributed by atoms with Crippen LogP contribution in [0.15, 0.2) is 9.95 Å². The molecular formula is C16H25N3O3S. The van der Waals surface area contributed by atoms with Crippen LogP contribution in [0.25, 0.3) is 0 Å². The molecule has 0 radical (unpaired) electrons. The summed E-state index contributed by atoms with van der Waals surface area (Å²) in [5, 5.41) is 10.3. The van der Waals surface area contributed by atoms with Gasteiger partial charge in [0.25, 0.3) is 5.56 Å². The summed E-state index contributed by atoms with van der Waals surface area (Å²) in [5.41, 5.74) is -0.00716. The number of hydrogen-bond donors (Lipinski definition) is 2. The highest BCUT2D eigenvalue weighted by Crippen LogP contribution is 2.24. The number of aromatic nitrogens is 2. The normalized spacial score (nSPS) is 16.9. The summed E-state index contributed by atoms with van der Waals surface area (Å²) in [4.78, 5) is 32.9. The molecule has 7 heteroatoms. The van der Waals surface area contributed by atoms with Crippen LogP contribution in [0.1, 0.15) is 57.4 Å². The van der Waals surface area contributed by atoms with Crippen LogP contribution in [-0.2, 0) is 4.79 Å². The van der Waals surface area contributed by atoms with Gasteiger partial charge in [-0.2, -0.15) is 4.98 Å². The lowest BCUT2D eigenvalue weighted by molar-refractivity contribution is -0.128. The lowest BCUT2D eigenvalue weighted by atomic mass is 10.0. The van der Waals surface area contributed by atoms with Crippen molar-refractivity contribution >= 4 is 17.7 Å². The van der Waals surface area contributed by atoms with E-state index in [1.54, 1.807) is 0 Å². The van der Waals surface area contributed by atoms with Crippen molar-refractivity contribution < 1.29 is 9.90 Å². The van der Waals surface area contributed by atoms with Crippen LogP contribution in [-0.4, -0.2) is 44.7 Å². The zero-order valence-corrected chi connectivity index (χ0v) is 14.6. The number of nitrogens with one attached hydrogen (secondary N) is 1. The first-order valence-electron chi connectivity index (χ1n) is 8.26. The molecule has 128 valence electrons. The number of nitrogens with zero attached hydrogens (tertiary/aromatic N) is 2. The summed E-state index contributed by atoms with van der Waals surface area (Å²) in [6.07, 6.45) is 5.21. The molecule has 1 saturated heterocycles. The largest absolute Gasteiger partial charge is 0.493 e. The third-order valence-corrected chi connectivity index (χ3v) is 5.17. The van der Waals surface area contributed by atoms with Crippen molar-refractivity contribution in [2.75, 3.05) is 18.8 Å². The second-order valence-electron chi connectivity index (χ2n) is 6.00. The van der Waals surface area contributed by atoms with E-state index in [9.17, 15) is 14.7 Å². The molecule has 1 aromatic rings. The molecular weight excluding hydrogens is 314 g/mol. The van der Waals surface area contributed by atoms with Crippen molar-refractivity contribution in [1.82, 2.24) is 14.9 Å². The van der Waals surface area contributed by atoms with Gasteiger partial charge in [0.05, 0.1) is 11.3 Å². The number of aromatic hydroxyl groups is 1. The van der Waals surface area contributed by atoms with Crippen LogP contribution >= 0.6 is 11.8 Å². The molecule has 0 unspecified atom stereocenters. The number of likely N-dealkylation sites (tertiary alicyclic amines) is 1. The second kappa shape index (κ2) is 8.38. The Morgan fingerprint density at radius 2 is 2.00 bits per heavy atom. The predicted octanol–water partition coefficient (Wildman–Crippen LogP) is 2.48. The zero-order valence-electron chi connectivity index (χ0n) is 13.8. The molecule has 23 heavy (non-hydrogen) atoms. The second-order valence-corrected chi connectivity index (χ2v) is 6.97. The van der Waals surface area contributed by atoms with E-state index >= 15 is 0 Å². The molecule has 1 amide bonds. The molecule has 1 aliphatic rings. The number of hydrogen-bond acceptors (Lipinski definition) is 5. The van der Waals surface area contributed by atoms with E-state index < -0.39 is 0 Å². The Bertz CT molecular complexity index is 595. The number of carbonyl (C=O) groups is 1. The van der Waals surface area contributed by atoms with E-state index in [0.717, 1.165) is 32.4 Å². The van der Waals surface area contributed by atoms with E-state index in [4.69, 9.17) is 0 Å². The van der Waals surface area contributed by atoms with Gasteiger partial charge in [0.2, 0.25) is 11.8 Å². The summed E-state index contributed by atoms with van der Waals surface area (Å²) in [6.45, 7) is 5.44. The van der Waals surface area contributed by atoms with E-state index in [2.05, 4.69) is 9.97 Å². The Hall–Kier alpha value is -1.50. The lowest BCUT2D eigenvalue weighted by Gasteiger charge is -2.19.